The molecule has 2 rings (SSSR count). The molecule has 0 aromatic rings. The molecule has 0 spiro atoms. The van der Waals surface area contributed by atoms with Crippen LogP contribution in [0.15, 0.2) is 0 Å². The van der Waals surface area contributed by atoms with E-state index in [0.717, 1.165) is 6.42 Å². The second kappa shape index (κ2) is 6.06. The minimum Gasteiger partial charge on any atom is -0.481 e. The topological polar surface area (TPSA) is 95.9 Å². The lowest BCUT2D eigenvalue weighted by molar-refractivity contribution is -0.205. The summed E-state index contributed by atoms with van der Waals surface area (Å²) >= 11 is 0. The number of rotatable bonds is 4. The van der Waals surface area contributed by atoms with Gasteiger partial charge in [-0.1, -0.05) is 6.42 Å². The van der Waals surface area contributed by atoms with Crippen LogP contribution < -0.4 is 5.32 Å². The Morgan fingerprint density at radius 1 is 1.04 bits per heavy atom. The third-order valence-corrected chi connectivity index (χ3v) is 5.04. The molecule has 0 aromatic carbocycles. The van der Waals surface area contributed by atoms with Gasteiger partial charge in [-0.05, 0) is 59.8 Å². The summed E-state index contributed by atoms with van der Waals surface area (Å²) in [5.41, 5.74) is -1.96. The number of nitrogens with one attached hydrogen (secondary N) is 1. The number of carbonyl (C=O) groups is 2. The highest BCUT2D eigenvalue weighted by atomic mass is 16.5. The van der Waals surface area contributed by atoms with E-state index in [1.165, 1.54) is 0 Å². The number of hydrogen-bond acceptors (Lipinski definition) is 4. The summed E-state index contributed by atoms with van der Waals surface area (Å²) < 4.78 is 6.11. The summed E-state index contributed by atoms with van der Waals surface area (Å²) in [7, 11) is 0. The standard InChI is InChI=1S/C17H29NO5/c1-15(2)9-11(10-16(3,4)18-15)23-17(14(21)22)8-6-5-7-12(17)13(19)20/h11-12,18H,5-10H2,1-4H3,(H,19,20)(H,21,22). The molecule has 0 radical (unpaired) electrons. The van der Waals surface area contributed by atoms with Crippen LogP contribution in [0.1, 0.15) is 66.2 Å². The molecule has 1 saturated carbocycles. The minimum absolute atomic E-state index is 0.181. The number of ether oxygens (including phenoxy) is 1. The van der Waals surface area contributed by atoms with Crippen molar-refractivity contribution in [3.05, 3.63) is 0 Å². The van der Waals surface area contributed by atoms with Crippen molar-refractivity contribution in [3.8, 4) is 0 Å². The van der Waals surface area contributed by atoms with Crippen LogP contribution in [0.2, 0.25) is 0 Å². The molecule has 0 aromatic heterocycles. The maximum absolute atomic E-state index is 12.0. The van der Waals surface area contributed by atoms with E-state index in [2.05, 4.69) is 33.0 Å². The van der Waals surface area contributed by atoms with Crippen molar-refractivity contribution in [2.45, 2.75) is 89.0 Å². The predicted octanol–water partition coefficient (Wildman–Crippen LogP) is 2.41. The fraction of sp³-hybridized carbons (Fsp3) is 0.882. The van der Waals surface area contributed by atoms with E-state index in [1.807, 2.05) is 0 Å². The van der Waals surface area contributed by atoms with Crippen LogP contribution in [0, 0.1) is 5.92 Å². The fourth-order valence-corrected chi connectivity index (χ4v) is 4.52. The summed E-state index contributed by atoms with van der Waals surface area (Å²) in [4.78, 5) is 23.6. The number of carboxylic acids is 2. The van der Waals surface area contributed by atoms with Gasteiger partial charge in [-0.3, -0.25) is 4.79 Å². The molecule has 23 heavy (non-hydrogen) atoms. The average molecular weight is 327 g/mol. The van der Waals surface area contributed by atoms with Gasteiger partial charge in [-0.2, -0.15) is 0 Å². The molecule has 2 fully saturated rings. The summed E-state index contributed by atoms with van der Waals surface area (Å²) in [6.45, 7) is 8.25. The Balaban J connectivity index is 2.28. The summed E-state index contributed by atoms with van der Waals surface area (Å²) in [6.07, 6.45) is 3.11. The third kappa shape index (κ3) is 3.86. The van der Waals surface area contributed by atoms with Gasteiger partial charge in [0.2, 0.25) is 0 Å². The van der Waals surface area contributed by atoms with Crippen LogP contribution in [-0.4, -0.2) is 44.9 Å². The molecule has 6 heteroatoms. The molecule has 2 atom stereocenters. The van der Waals surface area contributed by atoms with Gasteiger partial charge in [0.25, 0.3) is 0 Å². The van der Waals surface area contributed by atoms with Crippen molar-refractivity contribution in [1.29, 1.82) is 0 Å². The summed E-state index contributed by atoms with van der Waals surface area (Å²) in [5.74, 6) is -3.19. The van der Waals surface area contributed by atoms with E-state index >= 15 is 0 Å². The number of carboxylic acid groups (broad SMARTS) is 2. The van der Waals surface area contributed by atoms with Gasteiger partial charge < -0.3 is 20.3 Å². The first-order valence-corrected chi connectivity index (χ1v) is 8.41. The van der Waals surface area contributed by atoms with E-state index in [-0.39, 0.29) is 23.6 Å². The number of aliphatic carboxylic acids is 2. The molecule has 0 bridgehead atoms. The maximum Gasteiger partial charge on any atom is 0.336 e. The highest BCUT2D eigenvalue weighted by Gasteiger charge is 2.54. The van der Waals surface area contributed by atoms with Crippen molar-refractivity contribution in [2.75, 3.05) is 0 Å². The number of hydrogen-bond donors (Lipinski definition) is 3. The van der Waals surface area contributed by atoms with Crippen molar-refractivity contribution >= 4 is 11.9 Å². The van der Waals surface area contributed by atoms with Crippen LogP contribution in [0.5, 0.6) is 0 Å². The Morgan fingerprint density at radius 3 is 2.09 bits per heavy atom. The van der Waals surface area contributed by atoms with Crippen LogP contribution in [0.25, 0.3) is 0 Å². The van der Waals surface area contributed by atoms with Gasteiger partial charge in [0, 0.05) is 11.1 Å². The Bertz CT molecular complexity index is 471. The van der Waals surface area contributed by atoms with Crippen molar-refractivity contribution in [3.63, 3.8) is 0 Å². The van der Waals surface area contributed by atoms with Gasteiger partial charge in [0.1, 0.15) is 0 Å². The first kappa shape index (κ1) is 18.2. The van der Waals surface area contributed by atoms with E-state index < -0.39 is 23.5 Å². The highest BCUT2D eigenvalue weighted by molar-refractivity contribution is 5.86. The van der Waals surface area contributed by atoms with Gasteiger partial charge >= 0.3 is 11.9 Å². The van der Waals surface area contributed by atoms with E-state index in [4.69, 9.17) is 4.74 Å². The summed E-state index contributed by atoms with van der Waals surface area (Å²) in [6, 6.07) is 0. The van der Waals surface area contributed by atoms with E-state index in [0.29, 0.717) is 25.7 Å². The highest BCUT2D eigenvalue weighted by Crippen LogP contribution is 2.41. The van der Waals surface area contributed by atoms with Crippen molar-refractivity contribution in [2.24, 2.45) is 5.92 Å². The van der Waals surface area contributed by atoms with E-state index in [1.54, 1.807) is 0 Å². The zero-order chi connectivity index (χ0) is 17.5. The van der Waals surface area contributed by atoms with Crippen LogP contribution >= 0.6 is 0 Å². The Hall–Kier alpha value is -1.14. The normalized spacial score (nSPS) is 34.0. The molecule has 1 aliphatic carbocycles. The first-order valence-electron chi connectivity index (χ1n) is 8.41. The molecule has 3 N–H and O–H groups in total. The minimum atomic E-state index is -1.60. The predicted molar refractivity (Wildman–Crippen MR) is 85.4 cm³/mol. The largest absolute Gasteiger partial charge is 0.481 e. The SMILES string of the molecule is CC1(C)CC(OC2(C(=O)O)CCCCC2C(=O)O)CC(C)(C)N1. The zero-order valence-electron chi connectivity index (χ0n) is 14.5. The lowest BCUT2D eigenvalue weighted by atomic mass is 9.74. The van der Waals surface area contributed by atoms with Crippen LogP contribution in [0.4, 0.5) is 0 Å². The maximum atomic E-state index is 12.0. The lowest BCUT2D eigenvalue weighted by Gasteiger charge is -2.49. The Labute approximate surface area is 137 Å². The van der Waals surface area contributed by atoms with Crippen LogP contribution in [-0.2, 0) is 14.3 Å². The number of piperidine rings is 1. The zero-order valence-corrected chi connectivity index (χ0v) is 14.5. The fourth-order valence-electron chi connectivity index (χ4n) is 4.52. The molecule has 2 aliphatic rings. The molecule has 1 heterocycles. The summed E-state index contributed by atoms with van der Waals surface area (Å²) in [5, 5.41) is 22.8. The first-order chi connectivity index (χ1) is 10.5. The molecule has 132 valence electrons. The second-order valence-electron chi connectivity index (χ2n) is 8.37. The van der Waals surface area contributed by atoms with E-state index in [9.17, 15) is 19.8 Å². The molecule has 1 aliphatic heterocycles. The van der Waals surface area contributed by atoms with Crippen molar-refractivity contribution < 1.29 is 24.5 Å². The molecule has 2 unspecified atom stereocenters. The molecular formula is C17H29NO5. The van der Waals surface area contributed by atoms with Gasteiger partial charge in [-0.15, -0.1) is 0 Å². The molecule has 1 saturated heterocycles. The van der Waals surface area contributed by atoms with Gasteiger partial charge in [0.15, 0.2) is 5.60 Å². The monoisotopic (exact) mass is 327 g/mol. The Morgan fingerprint density at radius 2 is 1.61 bits per heavy atom. The third-order valence-electron chi connectivity index (χ3n) is 5.04. The van der Waals surface area contributed by atoms with Crippen molar-refractivity contribution in [1.82, 2.24) is 5.32 Å². The quantitative estimate of drug-likeness (QED) is 0.734. The smallest absolute Gasteiger partial charge is 0.336 e. The Kier molecular flexibility index (Phi) is 4.79. The lowest BCUT2D eigenvalue weighted by Crippen LogP contribution is -2.62. The molecular weight excluding hydrogens is 298 g/mol. The molecule has 0 amide bonds. The van der Waals surface area contributed by atoms with Gasteiger partial charge in [0.05, 0.1) is 12.0 Å². The second-order valence-corrected chi connectivity index (χ2v) is 8.37. The van der Waals surface area contributed by atoms with Crippen LogP contribution in [0.3, 0.4) is 0 Å². The molecule has 6 nitrogen and oxygen atoms in total. The van der Waals surface area contributed by atoms with Gasteiger partial charge in [-0.25, -0.2) is 4.79 Å². The average Bonchev–Trinajstić information content (AvgIpc) is 2.34.